The zero-order chi connectivity index (χ0) is 17.3. The van der Waals surface area contributed by atoms with Gasteiger partial charge in [0.1, 0.15) is 6.54 Å². The number of halogens is 3. The van der Waals surface area contributed by atoms with Gasteiger partial charge in [-0.25, -0.2) is 4.98 Å². The van der Waals surface area contributed by atoms with Gasteiger partial charge in [0.25, 0.3) is 0 Å². The normalized spacial score (nSPS) is 20.0. The molecule has 0 radical (unpaired) electrons. The fourth-order valence-electron chi connectivity index (χ4n) is 2.55. The third-order valence-corrected chi connectivity index (χ3v) is 5.00. The van der Waals surface area contributed by atoms with E-state index in [4.69, 9.17) is 0 Å². The number of rotatable bonds is 4. The lowest BCUT2D eigenvalue weighted by molar-refractivity contribution is -0.141. The molecule has 0 aromatic carbocycles. The second-order valence-corrected chi connectivity index (χ2v) is 7.71. The summed E-state index contributed by atoms with van der Waals surface area (Å²) in [6, 6.07) is -0.503. The smallest absolute Gasteiger partial charge is 0.346 e. The number of aromatic nitrogens is 1. The maximum absolute atomic E-state index is 12.2. The van der Waals surface area contributed by atoms with Crippen LogP contribution >= 0.6 is 11.3 Å². The van der Waals surface area contributed by atoms with Gasteiger partial charge in [0.15, 0.2) is 0 Å². The van der Waals surface area contributed by atoms with E-state index in [9.17, 15) is 18.0 Å². The van der Waals surface area contributed by atoms with Crippen molar-refractivity contribution in [1.82, 2.24) is 15.2 Å². The number of likely N-dealkylation sites (tertiary alicyclic amines) is 1. The predicted molar refractivity (Wildman–Crippen MR) is 83.3 cm³/mol. The second kappa shape index (κ2) is 6.76. The molecule has 0 saturated carbocycles. The quantitative estimate of drug-likeness (QED) is 0.909. The Balaban J connectivity index is 1.96. The Morgan fingerprint density at radius 1 is 1.43 bits per heavy atom. The summed E-state index contributed by atoms with van der Waals surface area (Å²) in [5.41, 5.74) is 0.840. The van der Waals surface area contributed by atoms with Gasteiger partial charge in [-0.1, -0.05) is 20.8 Å². The highest BCUT2D eigenvalue weighted by Crippen LogP contribution is 2.27. The monoisotopic (exact) mass is 349 g/mol. The summed E-state index contributed by atoms with van der Waals surface area (Å²) < 4.78 is 36.7. The fraction of sp³-hybridized carbons (Fsp3) is 0.733. The van der Waals surface area contributed by atoms with E-state index in [1.54, 1.807) is 11.3 Å². The molecule has 2 rings (SSSR count). The molecule has 1 fully saturated rings. The van der Waals surface area contributed by atoms with Gasteiger partial charge in [-0.2, -0.15) is 13.2 Å². The van der Waals surface area contributed by atoms with Crippen molar-refractivity contribution in [3.8, 4) is 0 Å². The van der Waals surface area contributed by atoms with Gasteiger partial charge >= 0.3 is 6.18 Å². The molecule has 0 unspecified atom stereocenters. The topological polar surface area (TPSA) is 45.2 Å². The minimum atomic E-state index is -4.38. The summed E-state index contributed by atoms with van der Waals surface area (Å²) in [5.74, 6) is -0.550. The van der Waals surface area contributed by atoms with Crippen molar-refractivity contribution in [3.05, 3.63) is 16.1 Å². The number of hydrogen-bond donors (Lipinski definition) is 1. The maximum atomic E-state index is 12.2. The van der Waals surface area contributed by atoms with Crippen molar-refractivity contribution in [2.75, 3.05) is 13.1 Å². The van der Waals surface area contributed by atoms with Crippen LogP contribution in [0.4, 0.5) is 13.2 Å². The van der Waals surface area contributed by atoms with Crippen LogP contribution in [0.3, 0.4) is 0 Å². The van der Waals surface area contributed by atoms with Crippen LogP contribution in [0.15, 0.2) is 5.38 Å². The van der Waals surface area contributed by atoms with Gasteiger partial charge in [-0.15, -0.1) is 11.3 Å². The number of nitrogens with one attached hydrogen (secondary N) is 1. The minimum absolute atomic E-state index is 0.0303. The third-order valence-electron chi connectivity index (χ3n) is 3.69. The van der Waals surface area contributed by atoms with Crippen molar-refractivity contribution in [2.24, 2.45) is 0 Å². The van der Waals surface area contributed by atoms with E-state index in [0.29, 0.717) is 19.5 Å². The molecule has 1 aromatic rings. The molecule has 1 N–H and O–H groups in total. The van der Waals surface area contributed by atoms with E-state index in [1.165, 1.54) is 0 Å². The Hall–Kier alpha value is -1.15. The van der Waals surface area contributed by atoms with Crippen LogP contribution in [-0.4, -0.2) is 41.1 Å². The SMILES string of the molecule is CC(C)(C)c1nc(CN2CCC[C@@H]2C(=O)NCC(F)(F)F)cs1. The van der Waals surface area contributed by atoms with Crippen molar-refractivity contribution >= 4 is 17.2 Å². The van der Waals surface area contributed by atoms with Crippen molar-refractivity contribution in [1.29, 1.82) is 0 Å². The minimum Gasteiger partial charge on any atom is -0.346 e. The molecule has 1 amide bonds. The number of hydrogen-bond acceptors (Lipinski definition) is 4. The van der Waals surface area contributed by atoms with Crippen molar-refractivity contribution < 1.29 is 18.0 Å². The number of amides is 1. The molecule has 8 heteroatoms. The van der Waals surface area contributed by atoms with Gasteiger partial charge in [-0.05, 0) is 19.4 Å². The van der Waals surface area contributed by atoms with Crippen LogP contribution in [0.1, 0.15) is 44.3 Å². The Labute approximate surface area is 138 Å². The molecule has 2 heterocycles. The van der Waals surface area contributed by atoms with Gasteiger partial charge in [0.2, 0.25) is 5.91 Å². The first-order valence-corrected chi connectivity index (χ1v) is 8.47. The summed E-state index contributed by atoms with van der Waals surface area (Å²) in [5, 5.41) is 4.97. The van der Waals surface area contributed by atoms with E-state index < -0.39 is 24.7 Å². The molecule has 1 saturated heterocycles. The largest absolute Gasteiger partial charge is 0.405 e. The average Bonchev–Trinajstić information content (AvgIpc) is 3.04. The summed E-state index contributed by atoms with van der Waals surface area (Å²) in [4.78, 5) is 18.5. The van der Waals surface area contributed by atoms with Gasteiger partial charge in [-0.3, -0.25) is 9.69 Å². The highest BCUT2D eigenvalue weighted by molar-refractivity contribution is 7.09. The molecule has 0 aliphatic carbocycles. The Morgan fingerprint density at radius 3 is 2.70 bits per heavy atom. The summed E-state index contributed by atoms with van der Waals surface area (Å²) in [6.07, 6.45) is -2.99. The lowest BCUT2D eigenvalue weighted by Crippen LogP contribution is -2.45. The van der Waals surface area contributed by atoms with Crippen LogP contribution in [0.2, 0.25) is 0 Å². The van der Waals surface area contributed by atoms with Gasteiger partial charge in [0, 0.05) is 17.3 Å². The van der Waals surface area contributed by atoms with Crippen LogP contribution < -0.4 is 5.32 Å². The van der Waals surface area contributed by atoms with E-state index in [2.05, 4.69) is 25.8 Å². The molecule has 1 aliphatic rings. The van der Waals surface area contributed by atoms with Gasteiger partial charge in [0.05, 0.1) is 16.7 Å². The molecule has 1 aliphatic heterocycles. The number of carbonyl (C=O) groups excluding carboxylic acids is 1. The van der Waals surface area contributed by atoms with E-state index in [-0.39, 0.29) is 5.41 Å². The molecule has 4 nitrogen and oxygen atoms in total. The van der Waals surface area contributed by atoms with Crippen molar-refractivity contribution in [2.45, 2.75) is 57.8 Å². The van der Waals surface area contributed by atoms with Crippen molar-refractivity contribution in [3.63, 3.8) is 0 Å². The van der Waals surface area contributed by atoms with Crippen LogP contribution in [0, 0.1) is 0 Å². The molecule has 0 bridgehead atoms. The summed E-state index contributed by atoms with van der Waals surface area (Å²) >= 11 is 1.58. The first-order chi connectivity index (χ1) is 10.6. The van der Waals surface area contributed by atoms with Crippen LogP contribution in [0.5, 0.6) is 0 Å². The first-order valence-electron chi connectivity index (χ1n) is 7.60. The van der Waals surface area contributed by atoms with Crippen LogP contribution in [0.25, 0.3) is 0 Å². The number of thiazole rings is 1. The van der Waals surface area contributed by atoms with Crippen LogP contribution in [-0.2, 0) is 16.8 Å². The Bertz CT molecular complexity index is 551. The zero-order valence-corrected chi connectivity index (χ0v) is 14.4. The maximum Gasteiger partial charge on any atom is 0.405 e. The predicted octanol–water partition coefficient (Wildman–Crippen LogP) is 3.08. The lowest BCUT2D eigenvalue weighted by atomic mass is 9.98. The molecular formula is C15H22F3N3OS. The highest BCUT2D eigenvalue weighted by Gasteiger charge is 2.34. The molecule has 0 spiro atoms. The Morgan fingerprint density at radius 2 is 2.13 bits per heavy atom. The number of alkyl halides is 3. The van der Waals surface area contributed by atoms with E-state index in [1.807, 2.05) is 15.6 Å². The molecule has 1 aromatic heterocycles. The summed E-state index contributed by atoms with van der Waals surface area (Å²) in [6.45, 7) is 6.17. The molecule has 23 heavy (non-hydrogen) atoms. The third kappa shape index (κ3) is 5.17. The highest BCUT2D eigenvalue weighted by atomic mass is 32.1. The summed E-state index contributed by atoms with van der Waals surface area (Å²) in [7, 11) is 0. The number of carbonyl (C=O) groups is 1. The van der Waals surface area contributed by atoms with E-state index >= 15 is 0 Å². The first kappa shape index (κ1) is 18.2. The number of nitrogens with zero attached hydrogens (tertiary/aromatic N) is 2. The van der Waals surface area contributed by atoms with E-state index in [0.717, 1.165) is 17.1 Å². The molecular weight excluding hydrogens is 327 g/mol. The lowest BCUT2D eigenvalue weighted by Gasteiger charge is -2.23. The average molecular weight is 349 g/mol. The Kier molecular flexibility index (Phi) is 5.35. The van der Waals surface area contributed by atoms with Gasteiger partial charge < -0.3 is 5.32 Å². The fourth-order valence-corrected chi connectivity index (χ4v) is 3.45. The second-order valence-electron chi connectivity index (χ2n) is 6.86. The standard InChI is InChI=1S/C15H22F3N3OS/c1-14(2,3)13-20-10(8-23-13)7-21-6-4-5-11(21)12(22)19-9-15(16,17)18/h8,11H,4-7,9H2,1-3H3,(H,19,22)/t11-/m1/s1. The zero-order valence-electron chi connectivity index (χ0n) is 13.5. The molecule has 1 atom stereocenters. The molecule has 130 valence electrons.